The van der Waals surface area contributed by atoms with Gasteiger partial charge in [-0.3, -0.25) is 14.7 Å². The molecule has 4 rings (SSSR count). The number of sulfonamides is 1. The molecular weight excluding hydrogens is 392 g/mol. The molecule has 0 aromatic carbocycles. The largest absolute Gasteiger partial charge is 0.468 e. The summed E-state index contributed by atoms with van der Waals surface area (Å²) in [6.45, 7) is 4.54. The van der Waals surface area contributed by atoms with E-state index in [2.05, 4.69) is 9.88 Å². The molecule has 0 aliphatic carbocycles. The van der Waals surface area contributed by atoms with Crippen molar-refractivity contribution in [3.05, 3.63) is 48.7 Å². The Bertz CT molecular complexity index is 901. The highest BCUT2D eigenvalue weighted by Gasteiger charge is 2.34. The van der Waals surface area contributed by atoms with Crippen molar-refractivity contribution in [2.75, 3.05) is 39.3 Å². The lowest BCUT2D eigenvalue weighted by molar-refractivity contribution is -0.138. The SMILES string of the molecule is O=C(C1CCN(S(=O)(=O)c2cccnc2)CC1)N1CCN(Cc2ccco2)CC1. The Balaban J connectivity index is 1.27. The van der Waals surface area contributed by atoms with Gasteiger partial charge in [0.05, 0.1) is 12.8 Å². The first-order valence-electron chi connectivity index (χ1n) is 9.98. The number of amides is 1. The number of aromatic nitrogens is 1. The molecule has 4 heterocycles. The second-order valence-corrected chi connectivity index (χ2v) is 9.49. The summed E-state index contributed by atoms with van der Waals surface area (Å²) in [6.07, 6.45) is 5.72. The number of pyridine rings is 1. The molecule has 0 atom stereocenters. The Morgan fingerprint density at radius 2 is 1.83 bits per heavy atom. The van der Waals surface area contributed by atoms with E-state index in [4.69, 9.17) is 4.42 Å². The van der Waals surface area contributed by atoms with Crippen LogP contribution in [0.2, 0.25) is 0 Å². The summed E-state index contributed by atoms with van der Waals surface area (Å²) in [7, 11) is -3.54. The van der Waals surface area contributed by atoms with E-state index in [1.54, 1.807) is 24.6 Å². The third kappa shape index (κ3) is 4.52. The summed E-state index contributed by atoms with van der Waals surface area (Å²) in [6, 6.07) is 7.03. The minimum Gasteiger partial charge on any atom is -0.468 e. The lowest BCUT2D eigenvalue weighted by atomic mass is 9.96. The van der Waals surface area contributed by atoms with Gasteiger partial charge < -0.3 is 9.32 Å². The van der Waals surface area contributed by atoms with Crippen molar-refractivity contribution in [1.29, 1.82) is 0 Å². The van der Waals surface area contributed by atoms with Gasteiger partial charge in [0.2, 0.25) is 15.9 Å². The Hall–Kier alpha value is -2.23. The highest BCUT2D eigenvalue weighted by molar-refractivity contribution is 7.89. The smallest absolute Gasteiger partial charge is 0.244 e. The Kier molecular flexibility index (Phi) is 5.98. The topological polar surface area (TPSA) is 87.0 Å². The lowest BCUT2D eigenvalue weighted by Gasteiger charge is -2.38. The van der Waals surface area contributed by atoms with Crippen LogP contribution in [0.15, 0.2) is 52.2 Å². The van der Waals surface area contributed by atoms with Crippen molar-refractivity contribution in [2.24, 2.45) is 5.92 Å². The molecule has 2 saturated heterocycles. The van der Waals surface area contributed by atoms with Crippen molar-refractivity contribution < 1.29 is 17.6 Å². The van der Waals surface area contributed by atoms with Crippen LogP contribution in [0, 0.1) is 5.92 Å². The van der Waals surface area contributed by atoms with Gasteiger partial charge in [-0.1, -0.05) is 0 Å². The van der Waals surface area contributed by atoms with Crippen LogP contribution in [0.1, 0.15) is 18.6 Å². The average Bonchev–Trinajstić information content (AvgIpc) is 3.27. The van der Waals surface area contributed by atoms with Crippen LogP contribution in [0.3, 0.4) is 0 Å². The zero-order valence-corrected chi connectivity index (χ0v) is 17.1. The van der Waals surface area contributed by atoms with E-state index in [-0.39, 0.29) is 16.7 Å². The molecule has 1 amide bonds. The maximum absolute atomic E-state index is 12.9. The fraction of sp³-hybridized carbons (Fsp3) is 0.500. The fourth-order valence-electron chi connectivity index (χ4n) is 4.00. The quantitative estimate of drug-likeness (QED) is 0.730. The first-order chi connectivity index (χ1) is 14.0. The molecule has 2 aromatic heterocycles. The van der Waals surface area contributed by atoms with Gasteiger partial charge in [-0.2, -0.15) is 4.31 Å². The summed E-state index contributed by atoms with van der Waals surface area (Å²) in [5.74, 6) is 0.986. The molecule has 0 bridgehead atoms. The second kappa shape index (κ2) is 8.64. The third-order valence-electron chi connectivity index (χ3n) is 5.72. The number of furan rings is 1. The van der Waals surface area contributed by atoms with Gasteiger partial charge in [-0.05, 0) is 37.1 Å². The maximum Gasteiger partial charge on any atom is 0.244 e. The molecule has 9 heteroatoms. The Labute approximate surface area is 171 Å². The van der Waals surface area contributed by atoms with Crippen molar-refractivity contribution in [3.8, 4) is 0 Å². The standard InChI is InChI=1S/C20H26N4O4S/c25-20(23-12-10-22(11-13-23)16-18-3-2-14-28-18)17-5-8-24(9-6-17)29(26,27)19-4-1-7-21-15-19/h1-4,7,14-15,17H,5-6,8-13,16H2. The lowest BCUT2D eigenvalue weighted by Crippen LogP contribution is -2.51. The Morgan fingerprint density at radius 1 is 1.07 bits per heavy atom. The Morgan fingerprint density at radius 3 is 2.45 bits per heavy atom. The van der Waals surface area contributed by atoms with Crippen LogP contribution in [0.4, 0.5) is 0 Å². The van der Waals surface area contributed by atoms with Gasteiger partial charge in [0.25, 0.3) is 0 Å². The third-order valence-corrected chi connectivity index (χ3v) is 7.60. The van der Waals surface area contributed by atoms with E-state index in [1.807, 2.05) is 17.0 Å². The van der Waals surface area contributed by atoms with Gasteiger partial charge in [-0.15, -0.1) is 0 Å². The molecule has 29 heavy (non-hydrogen) atoms. The minimum absolute atomic E-state index is 0.105. The number of hydrogen-bond donors (Lipinski definition) is 0. The molecule has 2 aromatic rings. The van der Waals surface area contributed by atoms with E-state index in [9.17, 15) is 13.2 Å². The second-order valence-electron chi connectivity index (χ2n) is 7.55. The highest BCUT2D eigenvalue weighted by Crippen LogP contribution is 2.25. The van der Waals surface area contributed by atoms with Gasteiger partial charge in [-0.25, -0.2) is 8.42 Å². The van der Waals surface area contributed by atoms with Crippen molar-refractivity contribution in [1.82, 2.24) is 19.1 Å². The first kappa shape index (κ1) is 20.1. The fourth-order valence-corrected chi connectivity index (χ4v) is 5.43. The van der Waals surface area contributed by atoms with Gasteiger partial charge in [0, 0.05) is 57.6 Å². The predicted octanol–water partition coefficient (Wildman–Crippen LogP) is 1.42. The van der Waals surface area contributed by atoms with Gasteiger partial charge >= 0.3 is 0 Å². The van der Waals surface area contributed by atoms with E-state index >= 15 is 0 Å². The highest BCUT2D eigenvalue weighted by atomic mass is 32.2. The molecule has 2 aliphatic heterocycles. The predicted molar refractivity (Wildman–Crippen MR) is 106 cm³/mol. The van der Waals surface area contributed by atoms with E-state index in [1.165, 1.54) is 10.5 Å². The molecule has 0 saturated carbocycles. The number of hydrogen-bond acceptors (Lipinski definition) is 6. The molecule has 2 aliphatic rings. The van der Waals surface area contributed by atoms with Crippen molar-refractivity contribution in [2.45, 2.75) is 24.3 Å². The van der Waals surface area contributed by atoms with Gasteiger partial charge in [0.15, 0.2) is 0 Å². The van der Waals surface area contributed by atoms with Crippen LogP contribution in [0.5, 0.6) is 0 Å². The monoisotopic (exact) mass is 418 g/mol. The number of carbonyl (C=O) groups is 1. The number of carbonyl (C=O) groups excluding carboxylic acids is 1. The van der Waals surface area contributed by atoms with Gasteiger partial charge in [0.1, 0.15) is 10.7 Å². The van der Waals surface area contributed by atoms with E-state index in [0.717, 1.165) is 25.4 Å². The molecular formula is C20H26N4O4S. The van der Waals surface area contributed by atoms with E-state index < -0.39 is 10.0 Å². The molecule has 2 fully saturated rings. The van der Waals surface area contributed by atoms with Crippen LogP contribution in [0.25, 0.3) is 0 Å². The number of rotatable bonds is 5. The summed E-state index contributed by atoms with van der Waals surface area (Å²) in [5.41, 5.74) is 0. The molecule has 0 unspecified atom stereocenters. The van der Waals surface area contributed by atoms with Crippen molar-refractivity contribution >= 4 is 15.9 Å². The molecule has 8 nitrogen and oxygen atoms in total. The van der Waals surface area contributed by atoms with E-state index in [0.29, 0.717) is 39.0 Å². The summed E-state index contributed by atoms with van der Waals surface area (Å²) in [4.78, 5) is 21.2. The molecule has 0 spiro atoms. The van der Waals surface area contributed by atoms with Crippen LogP contribution >= 0.6 is 0 Å². The zero-order chi connectivity index (χ0) is 20.3. The van der Waals surface area contributed by atoms with Crippen LogP contribution in [-0.2, 0) is 21.4 Å². The normalized spacial score (nSPS) is 20.1. The number of piperidine rings is 1. The number of piperazine rings is 1. The molecule has 156 valence electrons. The number of nitrogens with zero attached hydrogens (tertiary/aromatic N) is 4. The molecule has 0 radical (unpaired) electrons. The average molecular weight is 419 g/mol. The van der Waals surface area contributed by atoms with Crippen LogP contribution < -0.4 is 0 Å². The maximum atomic E-state index is 12.9. The van der Waals surface area contributed by atoms with Crippen LogP contribution in [-0.4, -0.2) is 72.7 Å². The molecule has 0 N–H and O–H groups in total. The van der Waals surface area contributed by atoms with Crippen molar-refractivity contribution in [3.63, 3.8) is 0 Å². The first-order valence-corrected chi connectivity index (χ1v) is 11.4. The summed E-state index contributed by atoms with van der Waals surface area (Å²) in [5, 5.41) is 0. The zero-order valence-electron chi connectivity index (χ0n) is 16.3. The minimum atomic E-state index is -3.54. The summed E-state index contributed by atoms with van der Waals surface area (Å²) < 4.78 is 32.3. The summed E-state index contributed by atoms with van der Waals surface area (Å²) >= 11 is 0.